The lowest BCUT2D eigenvalue weighted by molar-refractivity contribution is 1.15. The molecule has 0 spiro atoms. The molecule has 0 saturated carbocycles. The van der Waals surface area contributed by atoms with Gasteiger partial charge in [0.1, 0.15) is 0 Å². The lowest BCUT2D eigenvalue weighted by Crippen LogP contribution is -1.90. The minimum atomic E-state index is 0.541. The highest BCUT2D eigenvalue weighted by Crippen LogP contribution is 2.35. The number of hydrogen-bond acceptors (Lipinski definition) is 3. The van der Waals surface area contributed by atoms with E-state index >= 15 is 0 Å². The quantitative estimate of drug-likeness (QED) is 0.797. The maximum atomic E-state index is 6.20. The molecule has 2 N–H and O–H groups in total. The van der Waals surface area contributed by atoms with Gasteiger partial charge in [-0.2, -0.15) is 0 Å². The number of halogens is 3. The molecule has 0 saturated heterocycles. The summed E-state index contributed by atoms with van der Waals surface area (Å²) in [5, 5.41) is 1.70. The second-order valence-corrected chi connectivity index (χ2v) is 6.30. The fourth-order valence-corrected chi connectivity index (χ4v) is 3.21. The fraction of sp³-hybridized carbons (Fsp3) is 0.182. The maximum absolute atomic E-state index is 6.20. The zero-order valence-corrected chi connectivity index (χ0v) is 12.8. The van der Waals surface area contributed by atoms with Crippen LogP contribution in [0.4, 0.5) is 5.13 Å². The van der Waals surface area contributed by atoms with Crippen LogP contribution in [0.25, 0.3) is 0 Å². The van der Waals surface area contributed by atoms with Gasteiger partial charge in [-0.3, -0.25) is 0 Å². The molecule has 0 aliphatic heterocycles. The Morgan fingerprint density at radius 2 is 2.06 bits per heavy atom. The molecule has 0 fully saturated rings. The number of nitrogen functional groups attached to an aromatic ring is 1. The summed E-state index contributed by atoms with van der Waals surface area (Å²) in [6.45, 7) is 1.94. The van der Waals surface area contributed by atoms with Crippen molar-refractivity contribution in [3.05, 3.63) is 42.8 Å². The number of anilines is 1. The molecule has 2 rings (SSSR count). The molecule has 0 unspecified atom stereocenters. The Balaban J connectivity index is 2.37. The van der Waals surface area contributed by atoms with Gasteiger partial charge in [0.25, 0.3) is 0 Å². The number of benzene rings is 1. The summed E-state index contributed by atoms with van der Waals surface area (Å²) >= 11 is 17.1. The van der Waals surface area contributed by atoms with Crippen molar-refractivity contribution in [3.8, 4) is 0 Å². The minimum absolute atomic E-state index is 0.541. The molecular formula is C11H9BrCl2N2S. The molecule has 17 heavy (non-hydrogen) atoms. The van der Waals surface area contributed by atoms with E-state index in [2.05, 4.69) is 20.9 Å². The Hall–Kier alpha value is -0.290. The van der Waals surface area contributed by atoms with Gasteiger partial charge in [0.05, 0.1) is 15.7 Å². The van der Waals surface area contributed by atoms with Crippen molar-refractivity contribution in [2.45, 2.75) is 13.3 Å². The van der Waals surface area contributed by atoms with E-state index < -0.39 is 0 Å². The van der Waals surface area contributed by atoms with E-state index in [1.165, 1.54) is 11.3 Å². The number of nitrogens with zero attached hydrogens (tertiary/aromatic N) is 1. The van der Waals surface area contributed by atoms with Gasteiger partial charge in [0.2, 0.25) is 0 Å². The van der Waals surface area contributed by atoms with Gasteiger partial charge in [-0.05, 0) is 34.5 Å². The summed E-state index contributed by atoms with van der Waals surface area (Å²) in [5.41, 5.74) is 7.59. The number of nitrogens with two attached hydrogens (primary N) is 1. The van der Waals surface area contributed by atoms with Crippen LogP contribution >= 0.6 is 50.5 Å². The fourth-order valence-electron chi connectivity index (χ4n) is 1.49. The second kappa shape index (κ2) is 5.14. The second-order valence-electron chi connectivity index (χ2n) is 3.57. The first-order valence-corrected chi connectivity index (χ1v) is 7.19. The van der Waals surface area contributed by atoms with Crippen LogP contribution in [0.2, 0.25) is 10.0 Å². The molecule has 0 bridgehead atoms. The topological polar surface area (TPSA) is 38.9 Å². The normalized spacial score (nSPS) is 10.8. The summed E-state index contributed by atoms with van der Waals surface area (Å²) in [7, 11) is 0. The number of thiazole rings is 1. The lowest BCUT2D eigenvalue weighted by Gasteiger charge is -2.06. The maximum Gasteiger partial charge on any atom is 0.180 e. The number of hydrogen-bond donors (Lipinski definition) is 1. The highest BCUT2D eigenvalue weighted by atomic mass is 79.9. The van der Waals surface area contributed by atoms with Crippen molar-refractivity contribution in [1.29, 1.82) is 0 Å². The molecule has 1 aromatic carbocycles. The Morgan fingerprint density at radius 1 is 1.35 bits per heavy atom. The highest BCUT2D eigenvalue weighted by molar-refractivity contribution is 9.10. The first-order chi connectivity index (χ1) is 7.99. The van der Waals surface area contributed by atoms with Crippen molar-refractivity contribution in [2.24, 2.45) is 0 Å². The van der Waals surface area contributed by atoms with Crippen LogP contribution in [-0.2, 0) is 6.42 Å². The number of rotatable bonds is 2. The smallest absolute Gasteiger partial charge is 0.180 e. The predicted octanol–water partition coefficient (Wildman–Crippen LogP) is 4.69. The van der Waals surface area contributed by atoms with E-state index in [9.17, 15) is 0 Å². The van der Waals surface area contributed by atoms with E-state index in [1.807, 2.05) is 19.1 Å². The van der Waals surface area contributed by atoms with Crippen LogP contribution in [0, 0.1) is 6.92 Å². The van der Waals surface area contributed by atoms with Crippen LogP contribution in [0.5, 0.6) is 0 Å². The largest absolute Gasteiger partial charge is 0.375 e. The molecular weight excluding hydrogens is 343 g/mol. The Labute approximate surface area is 122 Å². The van der Waals surface area contributed by atoms with E-state index in [-0.39, 0.29) is 0 Å². The van der Waals surface area contributed by atoms with Gasteiger partial charge >= 0.3 is 0 Å². The Kier molecular flexibility index (Phi) is 3.98. The Bertz CT molecular complexity index is 569. The molecule has 0 radical (unpaired) electrons. The monoisotopic (exact) mass is 350 g/mol. The van der Waals surface area contributed by atoms with Crippen molar-refractivity contribution in [3.63, 3.8) is 0 Å². The number of aromatic nitrogens is 1. The SMILES string of the molecule is Cc1nc(N)sc1Cc1ccc(Br)c(Cl)c1Cl. The van der Waals surface area contributed by atoms with Crippen molar-refractivity contribution >= 4 is 55.6 Å². The molecule has 0 aliphatic carbocycles. The zero-order chi connectivity index (χ0) is 12.6. The zero-order valence-electron chi connectivity index (χ0n) is 8.93. The summed E-state index contributed by atoms with van der Waals surface area (Å²) in [5.74, 6) is 0. The van der Waals surface area contributed by atoms with Crippen LogP contribution in [0.15, 0.2) is 16.6 Å². The van der Waals surface area contributed by atoms with Crippen molar-refractivity contribution < 1.29 is 0 Å². The molecule has 0 atom stereocenters. The third kappa shape index (κ3) is 2.76. The van der Waals surface area contributed by atoms with E-state index in [0.717, 1.165) is 20.6 Å². The first kappa shape index (κ1) is 13.1. The van der Waals surface area contributed by atoms with Gasteiger partial charge in [0, 0.05) is 15.8 Å². The number of aryl methyl sites for hydroxylation is 1. The van der Waals surface area contributed by atoms with E-state index in [1.54, 1.807) is 0 Å². The van der Waals surface area contributed by atoms with Crippen LogP contribution < -0.4 is 5.73 Å². The summed E-state index contributed by atoms with van der Waals surface area (Å²) in [6.07, 6.45) is 0.701. The summed E-state index contributed by atoms with van der Waals surface area (Å²) < 4.78 is 0.799. The third-order valence-corrected chi connectivity index (χ3v) is 5.17. The van der Waals surface area contributed by atoms with Crippen LogP contribution in [-0.4, -0.2) is 4.98 Å². The average molecular weight is 352 g/mol. The van der Waals surface area contributed by atoms with Crippen molar-refractivity contribution in [2.75, 3.05) is 5.73 Å². The molecule has 90 valence electrons. The molecule has 0 amide bonds. The van der Waals surface area contributed by atoms with E-state index in [0.29, 0.717) is 21.6 Å². The summed E-state index contributed by atoms with van der Waals surface area (Å²) in [6, 6.07) is 3.84. The van der Waals surface area contributed by atoms with Crippen LogP contribution in [0.3, 0.4) is 0 Å². The van der Waals surface area contributed by atoms with Gasteiger partial charge in [-0.1, -0.05) is 29.3 Å². The molecule has 1 heterocycles. The third-order valence-electron chi connectivity index (χ3n) is 2.38. The average Bonchev–Trinajstić information content (AvgIpc) is 2.58. The van der Waals surface area contributed by atoms with E-state index in [4.69, 9.17) is 28.9 Å². The lowest BCUT2D eigenvalue weighted by atomic mass is 10.1. The Morgan fingerprint density at radius 3 is 2.65 bits per heavy atom. The molecule has 2 aromatic rings. The molecule has 6 heteroatoms. The van der Waals surface area contributed by atoms with Gasteiger partial charge in [-0.25, -0.2) is 4.98 Å². The highest BCUT2D eigenvalue weighted by Gasteiger charge is 2.12. The first-order valence-electron chi connectivity index (χ1n) is 4.83. The summed E-state index contributed by atoms with van der Waals surface area (Å²) in [4.78, 5) is 5.30. The standard InChI is InChI=1S/C11H9BrCl2N2S/c1-5-8(17-11(15)16-5)4-6-2-3-7(12)10(14)9(6)13/h2-3H,4H2,1H3,(H2,15,16). The van der Waals surface area contributed by atoms with Gasteiger partial charge < -0.3 is 5.73 Å². The minimum Gasteiger partial charge on any atom is -0.375 e. The van der Waals surface area contributed by atoms with Gasteiger partial charge in [0.15, 0.2) is 5.13 Å². The molecule has 1 aromatic heterocycles. The van der Waals surface area contributed by atoms with Gasteiger partial charge in [-0.15, -0.1) is 11.3 Å². The van der Waals surface area contributed by atoms with Crippen molar-refractivity contribution in [1.82, 2.24) is 4.98 Å². The predicted molar refractivity (Wildman–Crippen MR) is 78.2 cm³/mol. The molecule has 2 nitrogen and oxygen atoms in total. The van der Waals surface area contributed by atoms with Crippen LogP contribution in [0.1, 0.15) is 16.1 Å². The molecule has 0 aliphatic rings.